The fourth-order valence-corrected chi connectivity index (χ4v) is 6.46. The van der Waals surface area contributed by atoms with Gasteiger partial charge in [0.1, 0.15) is 17.6 Å². The van der Waals surface area contributed by atoms with Crippen LogP contribution in [0.3, 0.4) is 0 Å². The van der Waals surface area contributed by atoms with Crippen molar-refractivity contribution < 1.29 is 41.0 Å². The van der Waals surface area contributed by atoms with E-state index in [1.165, 1.54) is 11.8 Å². The van der Waals surface area contributed by atoms with Gasteiger partial charge < -0.3 is 20.2 Å². The number of hydrogen-bond donors (Lipinski definition) is 2. The van der Waals surface area contributed by atoms with E-state index in [1.54, 1.807) is 4.90 Å². The summed E-state index contributed by atoms with van der Waals surface area (Å²) in [6.07, 6.45) is -5.94. The van der Waals surface area contributed by atoms with Crippen LogP contribution in [-0.4, -0.2) is 79.7 Å². The molecular weight excluding hydrogens is 552 g/mol. The Balaban J connectivity index is 1.58. The highest BCUT2D eigenvalue weighted by molar-refractivity contribution is 7.17. The largest absolute Gasteiger partial charge is 0.417 e. The maximum absolute atomic E-state index is 14.2. The Labute approximate surface area is 223 Å². The number of hydrogen-bond acceptors (Lipinski definition) is 7. The van der Waals surface area contributed by atoms with Crippen LogP contribution in [0.2, 0.25) is 0 Å². The molecule has 5 rings (SSSR count). The van der Waals surface area contributed by atoms with Gasteiger partial charge >= 0.3 is 12.4 Å². The summed E-state index contributed by atoms with van der Waals surface area (Å²) in [5, 5.41) is 11.7. The van der Waals surface area contributed by atoms with Gasteiger partial charge in [-0.05, 0) is 45.6 Å². The fraction of sp³-hybridized carbons (Fsp3) is 0.583. The summed E-state index contributed by atoms with van der Waals surface area (Å²) >= 11 is 0.591. The minimum absolute atomic E-state index is 0.00654. The molecule has 5 heterocycles. The first-order valence-corrected chi connectivity index (χ1v) is 13.1. The topological polar surface area (TPSA) is 98.7 Å². The molecule has 0 aliphatic carbocycles. The molecule has 0 radical (unpaired) electrons. The van der Waals surface area contributed by atoms with Crippen molar-refractivity contribution in [3.05, 3.63) is 28.5 Å². The molecule has 3 aliphatic heterocycles. The molecule has 39 heavy (non-hydrogen) atoms. The van der Waals surface area contributed by atoms with E-state index in [2.05, 4.69) is 9.97 Å². The first kappa shape index (κ1) is 27.6. The van der Waals surface area contributed by atoms with Gasteiger partial charge in [-0.2, -0.15) is 26.3 Å². The lowest BCUT2D eigenvalue weighted by Gasteiger charge is -2.43. The van der Waals surface area contributed by atoms with Gasteiger partial charge in [-0.3, -0.25) is 9.59 Å². The number of β-amino-alcohol motifs (C(OH)–C–C–N with tert-alkyl or cyclic N) is 1. The van der Waals surface area contributed by atoms with Crippen LogP contribution >= 0.6 is 11.3 Å². The molecule has 0 aromatic carbocycles. The molecular formula is C24H25F6N5O3S. The summed E-state index contributed by atoms with van der Waals surface area (Å²) < 4.78 is 81.6. The number of carbonyl (C=O) groups excluding carboxylic acids is 2. The molecule has 0 unspecified atom stereocenters. The lowest BCUT2D eigenvalue weighted by molar-refractivity contribution is -0.138. The molecule has 2 amide bonds. The zero-order valence-electron chi connectivity index (χ0n) is 20.9. The average molecular weight is 578 g/mol. The maximum Gasteiger partial charge on any atom is 0.417 e. The number of nitrogens with one attached hydrogen (secondary N) is 1. The summed E-state index contributed by atoms with van der Waals surface area (Å²) in [7, 11) is 0. The number of aliphatic hydroxyl groups is 1. The molecule has 1 atom stereocenters. The number of thiazole rings is 1. The Morgan fingerprint density at radius 2 is 1.69 bits per heavy atom. The molecule has 0 saturated carbocycles. The van der Waals surface area contributed by atoms with Gasteiger partial charge in [-0.15, -0.1) is 11.3 Å². The van der Waals surface area contributed by atoms with Gasteiger partial charge in [0.2, 0.25) is 0 Å². The number of rotatable bonds is 5. The standard InChI is InChI=1S/C24H25F6N5O3S/c1-11(23(25,26)27)32-16-7-15(24(28,29)30)14(8-31-16)18-17(20(36)35-12-3-4-13(35)6-5-12)33-19(39-18)21(37)34-9-22(2,38)10-34/h7-8,11-13,38H,3-6,9-10H2,1-2H3,(H,31,32)/t11-,12?,13?/m0/s1. The van der Waals surface area contributed by atoms with E-state index in [1.807, 2.05) is 5.32 Å². The van der Waals surface area contributed by atoms with Crippen molar-refractivity contribution in [2.24, 2.45) is 0 Å². The molecule has 212 valence electrons. The lowest BCUT2D eigenvalue weighted by atomic mass is 9.97. The van der Waals surface area contributed by atoms with Crippen LogP contribution in [-0.2, 0) is 6.18 Å². The Morgan fingerprint density at radius 3 is 2.21 bits per heavy atom. The van der Waals surface area contributed by atoms with E-state index < -0.39 is 52.8 Å². The third-order valence-electron chi connectivity index (χ3n) is 7.36. The Morgan fingerprint density at radius 1 is 1.10 bits per heavy atom. The number of nitrogens with zero attached hydrogens (tertiary/aromatic N) is 4. The lowest BCUT2D eigenvalue weighted by Crippen LogP contribution is -2.61. The summed E-state index contributed by atoms with van der Waals surface area (Å²) in [5.74, 6) is -1.89. The van der Waals surface area contributed by atoms with Gasteiger partial charge in [0.15, 0.2) is 5.01 Å². The van der Waals surface area contributed by atoms with Crippen LogP contribution in [0.5, 0.6) is 0 Å². The average Bonchev–Trinajstić information content (AvgIpc) is 3.55. The number of fused-ring (bicyclic) bond motifs is 2. The van der Waals surface area contributed by atoms with Gasteiger partial charge in [-0.1, -0.05) is 0 Å². The van der Waals surface area contributed by atoms with Crippen molar-refractivity contribution in [1.82, 2.24) is 19.8 Å². The zero-order valence-corrected chi connectivity index (χ0v) is 21.7. The van der Waals surface area contributed by atoms with Gasteiger partial charge in [-0.25, -0.2) is 9.97 Å². The molecule has 2 bridgehead atoms. The monoisotopic (exact) mass is 577 g/mol. The first-order chi connectivity index (χ1) is 18.0. The van der Waals surface area contributed by atoms with Crippen molar-refractivity contribution >= 4 is 29.0 Å². The molecule has 3 saturated heterocycles. The van der Waals surface area contributed by atoms with Crippen molar-refractivity contribution in [2.75, 3.05) is 18.4 Å². The van der Waals surface area contributed by atoms with Crippen LogP contribution in [0.15, 0.2) is 12.3 Å². The van der Waals surface area contributed by atoms with Crippen LogP contribution in [0.4, 0.5) is 32.2 Å². The maximum atomic E-state index is 14.2. The quantitative estimate of drug-likeness (QED) is 0.506. The van der Waals surface area contributed by atoms with Gasteiger partial charge in [0, 0.05) is 23.8 Å². The number of aromatic nitrogens is 2. The van der Waals surface area contributed by atoms with Crippen molar-refractivity contribution in [1.29, 1.82) is 0 Å². The van der Waals surface area contributed by atoms with Crippen LogP contribution in [0.1, 0.15) is 65.4 Å². The number of carbonyl (C=O) groups is 2. The minimum atomic E-state index is -5.02. The van der Waals surface area contributed by atoms with Crippen molar-refractivity contribution in [2.45, 2.75) is 75.6 Å². The highest BCUT2D eigenvalue weighted by Crippen LogP contribution is 2.44. The molecule has 2 aromatic rings. The van der Waals surface area contributed by atoms with Crippen LogP contribution in [0.25, 0.3) is 10.4 Å². The number of halogens is 6. The van der Waals surface area contributed by atoms with E-state index in [-0.39, 0.29) is 40.8 Å². The second kappa shape index (κ2) is 9.32. The van der Waals surface area contributed by atoms with Crippen LogP contribution in [0, 0.1) is 0 Å². The van der Waals surface area contributed by atoms with E-state index in [0.29, 0.717) is 17.4 Å². The van der Waals surface area contributed by atoms with Gasteiger partial charge in [0.05, 0.1) is 29.1 Å². The molecule has 2 N–H and O–H groups in total. The van der Waals surface area contributed by atoms with Crippen molar-refractivity contribution in [3.63, 3.8) is 0 Å². The highest BCUT2D eigenvalue weighted by atomic mass is 32.1. The summed E-state index contributed by atoms with van der Waals surface area (Å²) in [4.78, 5) is 37.3. The SMILES string of the molecule is C[C@H](Nc1cc(C(F)(F)F)c(-c2sc(C(=O)N3CC(C)(O)C3)nc2C(=O)N2C3CCC2CC3)cn1)C(F)(F)F. The number of anilines is 1. The smallest absolute Gasteiger partial charge is 0.386 e. The predicted octanol–water partition coefficient (Wildman–Crippen LogP) is 4.56. The third kappa shape index (κ3) is 5.17. The normalized spacial score (nSPS) is 23.1. The van der Waals surface area contributed by atoms with E-state index in [0.717, 1.165) is 38.8 Å². The number of likely N-dealkylation sites (tertiary alicyclic amines) is 1. The number of alkyl halides is 6. The zero-order chi connectivity index (χ0) is 28.5. The molecule has 2 aromatic heterocycles. The second-order valence-electron chi connectivity index (χ2n) is 10.6. The molecule has 3 fully saturated rings. The Hall–Kier alpha value is -2.94. The summed E-state index contributed by atoms with van der Waals surface area (Å²) in [5.41, 5.74) is -3.31. The first-order valence-electron chi connectivity index (χ1n) is 12.3. The fourth-order valence-electron chi connectivity index (χ4n) is 5.41. The second-order valence-corrected chi connectivity index (χ2v) is 11.5. The predicted molar refractivity (Wildman–Crippen MR) is 128 cm³/mol. The third-order valence-corrected chi connectivity index (χ3v) is 8.44. The Kier molecular flexibility index (Phi) is 6.60. The number of pyridine rings is 1. The molecule has 3 aliphatic rings. The minimum Gasteiger partial charge on any atom is -0.386 e. The van der Waals surface area contributed by atoms with E-state index in [4.69, 9.17) is 0 Å². The van der Waals surface area contributed by atoms with E-state index in [9.17, 15) is 41.0 Å². The number of amides is 2. The highest BCUT2D eigenvalue weighted by Gasteiger charge is 2.46. The summed E-state index contributed by atoms with van der Waals surface area (Å²) in [6, 6.07) is -1.85. The van der Waals surface area contributed by atoms with Crippen molar-refractivity contribution in [3.8, 4) is 10.4 Å². The Bertz CT molecular complexity index is 1280. The van der Waals surface area contributed by atoms with Crippen LogP contribution < -0.4 is 5.32 Å². The molecule has 8 nitrogen and oxygen atoms in total. The molecule has 15 heteroatoms. The van der Waals surface area contributed by atoms with E-state index >= 15 is 0 Å². The molecule has 0 spiro atoms. The summed E-state index contributed by atoms with van der Waals surface area (Å²) in [6.45, 7) is 2.26. The van der Waals surface area contributed by atoms with Gasteiger partial charge in [0.25, 0.3) is 11.8 Å².